The molecule has 0 saturated carbocycles. The molecule has 0 radical (unpaired) electrons. The zero-order chi connectivity index (χ0) is 13.8. The van der Waals surface area contributed by atoms with Gasteiger partial charge in [-0.05, 0) is 44.5 Å². The van der Waals surface area contributed by atoms with E-state index in [1.165, 1.54) is 24.3 Å². The van der Waals surface area contributed by atoms with Crippen molar-refractivity contribution in [2.45, 2.75) is 37.6 Å². The highest BCUT2D eigenvalue weighted by Gasteiger charge is 2.19. The topological polar surface area (TPSA) is 46.2 Å². The van der Waals surface area contributed by atoms with Crippen molar-refractivity contribution >= 4 is 16.7 Å². The highest BCUT2D eigenvalue weighted by Crippen LogP contribution is 2.10. The summed E-state index contributed by atoms with van der Waals surface area (Å²) < 4.78 is 24.6. The average Bonchev–Trinajstić information content (AvgIpc) is 2.29. The Morgan fingerprint density at radius 2 is 1.89 bits per heavy atom. The number of carbonyl (C=O) groups is 1. The van der Waals surface area contributed by atoms with Crippen molar-refractivity contribution in [2.75, 3.05) is 5.75 Å². The van der Waals surface area contributed by atoms with Crippen LogP contribution in [-0.2, 0) is 15.6 Å². The molecule has 18 heavy (non-hydrogen) atoms. The number of halogens is 1. The third-order valence-electron chi connectivity index (χ3n) is 2.70. The summed E-state index contributed by atoms with van der Waals surface area (Å²) in [7, 11) is -1.44. The second-order valence-corrected chi connectivity index (χ2v) is 6.18. The molecule has 1 unspecified atom stereocenters. The average molecular weight is 271 g/mol. The molecular formula is C13H18FNO2S. The van der Waals surface area contributed by atoms with Gasteiger partial charge in [-0.2, -0.15) is 0 Å². The summed E-state index contributed by atoms with van der Waals surface area (Å²) >= 11 is 0. The maximum atomic E-state index is 12.7. The number of hydrogen-bond donors (Lipinski definition) is 1. The number of rotatable bonds is 5. The molecular weight excluding hydrogens is 253 g/mol. The van der Waals surface area contributed by atoms with Crippen LogP contribution in [-0.4, -0.2) is 21.4 Å². The van der Waals surface area contributed by atoms with Crippen LogP contribution >= 0.6 is 0 Å². The fraction of sp³-hybridized carbons (Fsp3) is 0.462. The second kappa shape index (κ2) is 6.09. The standard InChI is InChI=1S/C13H18FNO2S/c1-4-13(2,3)15-12(16)9-18(17)11-7-5-10(14)6-8-11/h5-8H,4,9H2,1-3H3,(H,15,16). The van der Waals surface area contributed by atoms with E-state index in [1.807, 2.05) is 20.8 Å². The summed E-state index contributed by atoms with van der Waals surface area (Å²) in [5.41, 5.74) is -0.302. The maximum absolute atomic E-state index is 12.7. The zero-order valence-electron chi connectivity index (χ0n) is 10.8. The van der Waals surface area contributed by atoms with E-state index >= 15 is 0 Å². The molecule has 0 aliphatic carbocycles. The molecule has 0 saturated heterocycles. The Morgan fingerprint density at radius 3 is 2.39 bits per heavy atom. The van der Waals surface area contributed by atoms with Gasteiger partial charge in [0.1, 0.15) is 11.6 Å². The summed E-state index contributed by atoms with van der Waals surface area (Å²) in [6.07, 6.45) is 0.794. The molecule has 5 heteroatoms. The summed E-state index contributed by atoms with van der Waals surface area (Å²) in [4.78, 5) is 12.1. The van der Waals surface area contributed by atoms with Gasteiger partial charge in [-0.3, -0.25) is 9.00 Å². The molecule has 0 fully saturated rings. The van der Waals surface area contributed by atoms with Crippen LogP contribution in [0, 0.1) is 5.82 Å². The lowest BCUT2D eigenvalue weighted by molar-refractivity contribution is -0.120. The lowest BCUT2D eigenvalue weighted by Gasteiger charge is -2.24. The lowest BCUT2D eigenvalue weighted by Crippen LogP contribution is -2.44. The first-order valence-electron chi connectivity index (χ1n) is 5.79. The van der Waals surface area contributed by atoms with Crippen LogP contribution in [0.25, 0.3) is 0 Å². The van der Waals surface area contributed by atoms with Gasteiger partial charge in [-0.15, -0.1) is 0 Å². The van der Waals surface area contributed by atoms with Gasteiger partial charge >= 0.3 is 0 Å². The van der Waals surface area contributed by atoms with Crippen LogP contribution < -0.4 is 5.32 Å². The molecule has 100 valence electrons. The molecule has 0 bridgehead atoms. The zero-order valence-corrected chi connectivity index (χ0v) is 11.6. The van der Waals surface area contributed by atoms with Crippen LogP contribution in [0.5, 0.6) is 0 Å². The third-order valence-corrected chi connectivity index (χ3v) is 4.02. The van der Waals surface area contributed by atoms with Gasteiger partial charge in [0.25, 0.3) is 0 Å². The van der Waals surface area contributed by atoms with E-state index < -0.39 is 10.8 Å². The predicted octanol–water partition coefficient (Wildman–Crippen LogP) is 2.24. The van der Waals surface area contributed by atoms with Gasteiger partial charge in [0.2, 0.25) is 5.91 Å². The van der Waals surface area contributed by atoms with E-state index in [4.69, 9.17) is 0 Å². The van der Waals surface area contributed by atoms with Gasteiger partial charge in [0.05, 0.1) is 10.8 Å². The highest BCUT2D eigenvalue weighted by atomic mass is 32.2. The van der Waals surface area contributed by atoms with E-state index in [1.54, 1.807) is 0 Å². The molecule has 1 N–H and O–H groups in total. The quantitative estimate of drug-likeness (QED) is 0.892. The SMILES string of the molecule is CCC(C)(C)NC(=O)CS(=O)c1ccc(F)cc1. The van der Waals surface area contributed by atoms with Gasteiger partial charge in [-0.25, -0.2) is 4.39 Å². The smallest absolute Gasteiger partial charge is 0.233 e. The van der Waals surface area contributed by atoms with E-state index in [0.717, 1.165) is 6.42 Å². The molecule has 1 amide bonds. The van der Waals surface area contributed by atoms with E-state index in [9.17, 15) is 13.4 Å². The lowest BCUT2D eigenvalue weighted by atomic mass is 10.0. The number of amides is 1. The van der Waals surface area contributed by atoms with E-state index in [0.29, 0.717) is 4.90 Å². The monoisotopic (exact) mass is 271 g/mol. The van der Waals surface area contributed by atoms with Gasteiger partial charge in [0, 0.05) is 10.4 Å². The minimum Gasteiger partial charge on any atom is -0.350 e. The normalized spacial score (nSPS) is 13.1. The maximum Gasteiger partial charge on any atom is 0.233 e. The van der Waals surface area contributed by atoms with Crippen molar-refractivity contribution in [3.63, 3.8) is 0 Å². The Hall–Kier alpha value is -1.23. The molecule has 0 spiro atoms. The van der Waals surface area contributed by atoms with Crippen LogP contribution in [0.4, 0.5) is 4.39 Å². The van der Waals surface area contributed by atoms with Crippen molar-refractivity contribution in [2.24, 2.45) is 0 Å². The summed E-state index contributed by atoms with van der Waals surface area (Å²) in [6, 6.07) is 5.34. The highest BCUT2D eigenvalue weighted by molar-refractivity contribution is 7.85. The molecule has 0 heterocycles. The Morgan fingerprint density at radius 1 is 1.33 bits per heavy atom. The van der Waals surface area contributed by atoms with Crippen LogP contribution in [0.15, 0.2) is 29.2 Å². The molecule has 3 nitrogen and oxygen atoms in total. The van der Waals surface area contributed by atoms with E-state index in [-0.39, 0.29) is 23.0 Å². The first-order valence-corrected chi connectivity index (χ1v) is 7.11. The molecule has 0 aliphatic rings. The Labute approximate surface area is 109 Å². The molecule has 1 rings (SSSR count). The number of hydrogen-bond acceptors (Lipinski definition) is 2. The van der Waals surface area contributed by atoms with Crippen molar-refractivity contribution in [3.8, 4) is 0 Å². The summed E-state index contributed by atoms with van der Waals surface area (Å²) in [5.74, 6) is -0.744. The fourth-order valence-corrected chi connectivity index (χ4v) is 2.21. The molecule has 1 atom stereocenters. The van der Waals surface area contributed by atoms with Crippen LogP contribution in [0.3, 0.4) is 0 Å². The Kier molecular flexibility index (Phi) is 5.02. The van der Waals surface area contributed by atoms with Gasteiger partial charge in [0.15, 0.2) is 0 Å². The Bertz CT molecular complexity index is 443. The Balaban J connectivity index is 2.60. The first kappa shape index (κ1) is 14.8. The molecule has 1 aromatic carbocycles. The largest absolute Gasteiger partial charge is 0.350 e. The molecule has 0 aromatic heterocycles. The van der Waals surface area contributed by atoms with Gasteiger partial charge in [-0.1, -0.05) is 6.92 Å². The van der Waals surface area contributed by atoms with Crippen molar-refractivity contribution < 1.29 is 13.4 Å². The molecule has 1 aromatic rings. The summed E-state index contributed by atoms with van der Waals surface area (Å²) in [5, 5.41) is 2.81. The van der Waals surface area contributed by atoms with Gasteiger partial charge < -0.3 is 5.32 Å². The van der Waals surface area contributed by atoms with Crippen molar-refractivity contribution in [1.29, 1.82) is 0 Å². The number of benzene rings is 1. The van der Waals surface area contributed by atoms with Crippen LogP contribution in [0.2, 0.25) is 0 Å². The predicted molar refractivity (Wildman–Crippen MR) is 70.2 cm³/mol. The van der Waals surface area contributed by atoms with Crippen LogP contribution in [0.1, 0.15) is 27.2 Å². The van der Waals surface area contributed by atoms with Crippen molar-refractivity contribution in [3.05, 3.63) is 30.1 Å². The number of carbonyl (C=O) groups excluding carboxylic acids is 1. The minimum atomic E-state index is -1.44. The van der Waals surface area contributed by atoms with E-state index in [2.05, 4.69) is 5.32 Å². The number of nitrogens with one attached hydrogen (secondary N) is 1. The minimum absolute atomic E-state index is 0.102. The third kappa shape index (κ3) is 4.56. The molecule has 0 aliphatic heterocycles. The van der Waals surface area contributed by atoms with Crippen molar-refractivity contribution in [1.82, 2.24) is 5.32 Å². The fourth-order valence-electron chi connectivity index (χ4n) is 1.29. The first-order chi connectivity index (χ1) is 8.34. The second-order valence-electron chi connectivity index (χ2n) is 4.73. The summed E-state index contributed by atoms with van der Waals surface area (Å²) in [6.45, 7) is 5.79.